The monoisotopic (exact) mass is 393 g/mol. The fourth-order valence-corrected chi connectivity index (χ4v) is 3.18. The maximum absolute atomic E-state index is 12.4. The Labute approximate surface area is 162 Å². The third-order valence-corrected chi connectivity index (χ3v) is 4.40. The number of amides is 2. The second-order valence-electron chi connectivity index (χ2n) is 5.56. The third kappa shape index (κ3) is 5.50. The fraction of sp³-hybridized carbons (Fsp3) is 0.421. The smallest absolute Gasteiger partial charge is 0.326 e. The van der Waals surface area contributed by atoms with Crippen molar-refractivity contribution in [3.8, 4) is 11.5 Å². The lowest BCUT2D eigenvalue weighted by molar-refractivity contribution is -0.145. The Bertz CT molecular complexity index is 746. The first-order chi connectivity index (χ1) is 13.0. The van der Waals surface area contributed by atoms with Crippen LogP contribution in [-0.4, -0.2) is 48.4 Å². The van der Waals surface area contributed by atoms with Crippen molar-refractivity contribution >= 4 is 35.0 Å². The van der Waals surface area contributed by atoms with Crippen LogP contribution in [0.1, 0.15) is 32.8 Å². The quantitative estimate of drug-likeness (QED) is 0.469. The second-order valence-corrected chi connectivity index (χ2v) is 6.55. The van der Waals surface area contributed by atoms with Gasteiger partial charge in [0.2, 0.25) is 0 Å². The predicted molar refractivity (Wildman–Crippen MR) is 103 cm³/mol. The molecular weight excluding hydrogens is 370 g/mol. The zero-order valence-corrected chi connectivity index (χ0v) is 16.5. The van der Waals surface area contributed by atoms with Crippen LogP contribution in [0.4, 0.5) is 4.79 Å². The Kier molecular flexibility index (Phi) is 7.72. The molecule has 27 heavy (non-hydrogen) atoms. The number of esters is 1. The second kappa shape index (κ2) is 10.0. The van der Waals surface area contributed by atoms with Gasteiger partial charge >= 0.3 is 5.97 Å². The van der Waals surface area contributed by atoms with Crippen LogP contribution < -0.4 is 9.47 Å². The maximum Gasteiger partial charge on any atom is 0.326 e. The van der Waals surface area contributed by atoms with E-state index < -0.39 is 17.1 Å². The maximum atomic E-state index is 12.4. The summed E-state index contributed by atoms with van der Waals surface area (Å²) >= 11 is 0.793. The van der Waals surface area contributed by atoms with E-state index in [1.165, 1.54) is 0 Å². The highest BCUT2D eigenvalue weighted by Crippen LogP contribution is 2.34. The molecule has 0 saturated carbocycles. The molecule has 1 fully saturated rings. The molecule has 2 amide bonds. The lowest BCUT2D eigenvalue weighted by atomic mass is 10.2. The van der Waals surface area contributed by atoms with Gasteiger partial charge in [-0.3, -0.25) is 19.3 Å². The predicted octanol–water partition coefficient (Wildman–Crippen LogP) is 3.47. The van der Waals surface area contributed by atoms with Gasteiger partial charge in [-0.25, -0.2) is 0 Å². The molecule has 0 bridgehead atoms. The van der Waals surface area contributed by atoms with Gasteiger partial charge in [-0.2, -0.15) is 0 Å². The van der Waals surface area contributed by atoms with Gasteiger partial charge in [0.15, 0.2) is 11.5 Å². The summed E-state index contributed by atoms with van der Waals surface area (Å²) in [6.45, 7) is 6.41. The first-order valence-electron chi connectivity index (χ1n) is 8.80. The summed E-state index contributed by atoms with van der Waals surface area (Å²) in [5, 5.41) is -0.493. The van der Waals surface area contributed by atoms with Crippen molar-refractivity contribution in [2.24, 2.45) is 0 Å². The molecule has 0 spiro atoms. The number of ether oxygens (including phenoxy) is 3. The molecule has 1 aromatic rings. The molecule has 0 aromatic heterocycles. The first-order valence-corrected chi connectivity index (χ1v) is 9.62. The largest absolute Gasteiger partial charge is 0.490 e. The molecule has 146 valence electrons. The molecule has 8 heteroatoms. The van der Waals surface area contributed by atoms with Gasteiger partial charge < -0.3 is 14.2 Å². The van der Waals surface area contributed by atoms with Gasteiger partial charge in [0.25, 0.3) is 11.1 Å². The van der Waals surface area contributed by atoms with E-state index in [0.29, 0.717) is 30.3 Å². The zero-order valence-electron chi connectivity index (χ0n) is 15.6. The summed E-state index contributed by atoms with van der Waals surface area (Å²) in [6, 6.07) is 5.32. The molecule has 0 atom stereocenters. The number of benzene rings is 1. The number of rotatable bonds is 9. The SMILES string of the molecule is CCCOc1ccc(/C=C2\SC(=O)N(CC(=O)OCC)C2=O)cc1OCC. The van der Waals surface area contributed by atoms with Crippen molar-refractivity contribution in [3.05, 3.63) is 28.7 Å². The Balaban J connectivity index is 2.20. The number of hydrogen-bond donors (Lipinski definition) is 0. The van der Waals surface area contributed by atoms with Gasteiger partial charge in [-0.05, 0) is 55.8 Å². The topological polar surface area (TPSA) is 82.1 Å². The highest BCUT2D eigenvalue weighted by Gasteiger charge is 2.36. The van der Waals surface area contributed by atoms with Gasteiger partial charge in [0.1, 0.15) is 6.54 Å². The fourth-order valence-electron chi connectivity index (χ4n) is 2.34. The molecule has 0 aliphatic carbocycles. The van der Waals surface area contributed by atoms with Crippen LogP contribution in [0.2, 0.25) is 0 Å². The molecule has 0 unspecified atom stereocenters. The van der Waals surface area contributed by atoms with Crippen LogP contribution >= 0.6 is 11.8 Å². The van der Waals surface area contributed by atoms with Gasteiger partial charge in [0, 0.05) is 0 Å². The summed E-state index contributed by atoms with van der Waals surface area (Å²) in [6.07, 6.45) is 2.48. The highest BCUT2D eigenvalue weighted by molar-refractivity contribution is 8.18. The summed E-state index contributed by atoms with van der Waals surface area (Å²) in [7, 11) is 0. The average Bonchev–Trinajstić information content (AvgIpc) is 2.89. The van der Waals surface area contributed by atoms with Crippen molar-refractivity contribution in [1.29, 1.82) is 0 Å². The molecular formula is C19H23NO6S. The lowest BCUT2D eigenvalue weighted by Gasteiger charge is -2.12. The molecule has 1 aliphatic heterocycles. The summed E-state index contributed by atoms with van der Waals surface area (Å²) in [5.41, 5.74) is 0.698. The zero-order chi connectivity index (χ0) is 19.8. The highest BCUT2D eigenvalue weighted by atomic mass is 32.2. The molecule has 0 radical (unpaired) electrons. The summed E-state index contributed by atoms with van der Waals surface area (Å²) in [4.78, 5) is 37.2. The first kappa shape index (κ1) is 20.8. The average molecular weight is 393 g/mol. The van der Waals surface area contributed by atoms with E-state index >= 15 is 0 Å². The van der Waals surface area contributed by atoms with Crippen LogP contribution in [0.25, 0.3) is 6.08 Å². The van der Waals surface area contributed by atoms with E-state index in [9.17, 15) is 14.4 Å². The van der Waals surface area contributed by atoms with Gasteiger partial charge in [-0.1, -0.05) is 13.0 Å². The van der Waals surface area contributed by atoms with Crippen molar-refractivity contribution < 1.29 is 28.6 Å². The Morgan fingerprint density at radius 3 is 2.56 bits per heavy atom. The van der Waals surface area contributed by atoms with E-state index in [1.807, 2.05) is 13.8 Å². The number of hydrogen-bond acceptors (Lipinski definition) is 7. The Morgan fingerprint density at radius 2 is 1.89 bits per heavy atom. The normalized spacial score (nSPS) is 15.4. The third-order valence-electron chi connectivity index (χ3n) is 3.49. The van der Waals surface area contributed by atoms with Gasteiger partial charge in [0.05, 0.1) is 24.7 Å². The molecule has 1 aliphatic rings. The number of thioether (sulfide) groups is 1. The van der Waals surface area contributed by atoms with Crippen LogP contribution in [0.5, 0.6) is 11.5 Å². The van der Waals surface area contributed by atoms with E-state index in [-0.39, 0.29) is 18.1 Å². The molecule has 0 N–H and O–H groups in total. The summed E-state index contributed by atoms with van der Waals surface area (Å²) < 4.78 is 16.1. The summed E-state index contributed by atoms with van der Waals surface area (Å²) in [5.74, 6) is 0.0798. The standard InChI is InChI=1S/C19H23NO6S/c1-4-9-26-14-8-7-13(10-15(14)24-5-2)11-16-18(22)20(19(23)27-16)12-17(21)25-6-3/h7-8,10-11H,4-6,9,12H2,1-3H3/b16-11-. The van der Waals surface area contributed by atoms with Gasteiger partial charge in [-0.15, -0.1) is 0 Å². The van der Waals surface area contributed by atoms with Crippen molar-refractivity contribution in [2.45, 2.75) is 27.2 Å². The van der Waals surface area contributed by atoms with E-state index in [4.69, 9.17) is 14.2 Å². The minimum atomic E-state index is -0.614. The van der Waals surface area contributed by atoms with Crippen molar-refractivity contribution in [2.75, 3.05) is 26.4 Å². The van der Waals surface area contributed by atoms with Crippen molar-refractivity contribution in [3.63, 3.8) is 0 Å². The van der Waals surface area contributed by atoms with E-state index in [2.05, 4.69) is 0 Å². The Hall–Kier alpha value is -2.48. The number of imide groups is 1. The minimum Gasteiger partial charge on any atom is -0.490 e. The molecule has 1 heterocycles. The molecule has 1 saturated heterocycles. The van der Waals surface area contributed by atoms with Crippen LogP contribution in [0.3, 0.4) is 0 Å². The lowest BCUT2D eigenvalue weighted by Crippen LogP contribution is -2.34. The van der Waals surface area contributed by atoms with Crippen LogP contribution in [0.15, 0.2) is 23.1 Å². The number of carbonyl (C=O) groups excluding carboxylic acids is 3. The van der Waals surface area contributed by atoms with Crippen LogP contribution in [0, 0.1) is 0 Å². The van der Waals surface area contributed by atoms with Crippen LogP contribution in [-0.2, 0) is 14.3 Å². The molecule has 1 aromatic carbocycles. The molecule has 7 nitrogen and oxygen atoms in total. The number of carbonyl (C=O) groups is 3. The number of nitrogens with zero attached hydrogens (tertiary/aromatic N) is 1. The minimum absolute atomic E-state index is 0.192. The van der Waals surface area contributed by atoms with Crippen molar-refractivity contribution in [1.82, 2.24) is 4.90 Å². The Morgan fingerprint density at radius 1 is 1.11 bits per heavy atom. The van der Waals surface area contributed by atoms with E-state index in [1.54, 1.807) is 31.2 Å². The molecule has 2 rings (SSSR count). The van der Waals surface area contributed by atoms with E-state index in [0.717, 1.165) is 23.1 Å².